The molecule has 0 aliphatic rings. The molecule has 0 spiro atoms. The van der Waals surface area contributed by atoms with E-state index < -0.39 is 5.91 Å². The number of halogens is 2. The minimum absolute atomic E-state index is 0.0111. The summed E-state index contributed by atoms with van der Waals surface area (Å²) in [7, 11) is 0. The van der Waals surface area contributed by atoms with Crippen molar-refractivity contribution in [3.63, 3.8) is 0 Å². The molecule has 1 aromatic rings. The van der Waals surface area contributed by atoms with Crippen molar-refractivity contribution in [2.45, 2.75) is 46.6 Å². The maximum absolute atomic E-state index is 12.2. The van der Waals surface area contributed by atoms with Crippen LogP contribution in [0, 0.1) is 16.7 Å². The summed E-state index contributed by atoms with van der Waals surface area (Å²) in [5.74, 6) is -0.505. The van der Waals surface area contributed by atoms with Gasteiger partial charge in [-0.3, -0.25) is 4.79 Å². The lowest BCUT2D eigenvalue weighted by Crippen LogP contribution is -2.39. The van der Waals surface area contributed by atoms with Gasteiger partial charge in [0.05, 0.1) is 10.0 Å². The van der Waals surface area contributed by atoms with Crippen LogP contribution in [0.2, 0.25) is 10.0 Å². The topological polar surface area (TPSA) is 64.9 Å². The van der Waals surface area contributed by atoms with Gasteiger partial charge in [0.25, 0.3) is 5.91 Å². The lowest BCUT2D eigenvalue weighted by molar-refractivity contribution is -0.112. The van der Waals surface area contributed by atoms with Crippen molar-refractivity contribution in [2.24, 2.45) is 5.41 Å². The first-order valence-corrected chi connectivity index (χ1v) is 8.33. The summed E-state index contributed by atoms with van der Waals surface area (Å²) in [4.78, 5) is 12.2. The van der Waals surface area contributed by atoms with Gasteiger partial charge >= 0.3 is 0 Å². The number of carbonyl (C=O) groups is 1. The van der Waals surface area contributed by atoms with Gasteiger partial charge in [-0.1, -0.05) is 44.0 Å². The first-order valence-electron chi connectivity index (χ1n) is 7.58. The van der Waals surface area contributed by atoms with Gasteiger partial charge in [-0.15, -0.1) is 0 Å². The standard InChI is InChI=1S/C18H23Cl2N3O/c1-17(2,3)11-18(4,5)22-10-12(9-21)16(24)23-13-6-7-14(19)15(20)8-13/h6-8,10,22H,11H2,1-5H3,(H,23,24)/b12-10-. The van der Waals surface area contributed by atoms with Gasteiger partial charge in [-0.05, 0) is 43.9 Å². The Kier molecular flexibility index (Phi) is 6.71. The van der Waals surface area contributed by atoms with E-state index in [0.717, 1.165) is 6.42 Å². The largest absolute Gasteiger partial charge is 0.385 e. The molecule has 0 saturated carbocycles. The molecule has 1 amide bonds. The quantitative estimate of drug-likeness (QED) is 0.558. The average Bonchev–Trinajstić information content (AvgIpc) is 2.40. The molecule has 0 fully saturated rings. The van der Waals surface area contributed by atoms with Crippen molar-refractivity contribution in [2.75, 3.05) is 5.32 Å². The number of hydrogen-bond donors (Lipinski definition) is 2. The van der Waals surface area contributed by atoms with E-state index in [0.29, 0.717) is 15.7 Å². The molecule has 4 nitrogen and oxygen atoms in total. The predicted molar refractivity (Wildman–Crippen MR) is 100 cm³/mol. The number of benzene rings is 1. The van der Waals surface area contributed by atoms with Crippen molar-refractivity contribution in [1.82, 2.24) is 5.32 Å². The summed E-state index contributed by atoms with van der Waals surface area (Å²) in [6.07, 6.45) is 2.34. The van der Waals surface area contributed by atoms with Gasteiger partial charge in [0.2, 0.25) is 0 Å². The van der Waals surface area contributed by atoms with E-state index in [1.54, 1.807) is 12.1 Å². The smallest absolute Gasteiger partial charge is 0.267 e. The van der Waals surface area contributed by atoms with Crippen LogP contribution in [0.4, 0.5) is 5.69 Å². The normalized spacial score (nSPS) is 12.5. The second-order valence-electron chi connectivity index (χ2n) is 7.52. The summed E-state index contributed by atoms with van der Waals surface area (Å²) in [6, 6.07) is 6.65. The van der Waals surface area contributed by atoms with Crippen molar-refractivity contribution >= 4 is 34.8 Å². The zero-order chi connectivity index (χ0) is 18.5. The molecule has 0 aliphatic heterocycles. The Hall–Kier alpha value is -1.70. The lowest BCUT2D eigenvalue weighted by atomic mass is 9.82. The van der Waals surface area contributed by atoms with E-state index in [-0.39, 0.29) is 16.5 Å². The van der Waals surface area contributed by atoms with Gasteiger partial charge < -0.3 is 10.6 Å². The van der Waals surface area contributed by atoms with Crippen molar-refractivity contribution in [3.05, 3.63) is 40.0 Å². The molecule has 0 radical (unpaired) electrons. The van der Waals surface area contributed by atoms with Crippen LogP contribution in [0.1, 0.15) is 41.0 Å². The molecule has 0 unspecified atom stereocenters. The van der Waals surface area contributed by atoms with Crippen LogP contribution in [0.25, 0.3) is 0 Å². The summed E-state index contributed by atoms with van der Waals surface area (Å²) >= 11 is 11.8. The molecule has 0 saturated heterocycles. The molecular formula is C18H23Cl2N3O. The fourth-order valence-corrected chi connectivity index (χ4v) is 2.86. The highest BCUT2D eigenvalue weighted by Crippen LogP contribution is 2.27. The Morgan fingerprint density at radius 3 is 2.33 bits per heavy atom. The third kappa shape index (κ3) is 6.82. The van der Waals surface area contributed by atoms with E-state index in [4.69, 9.17) is 23.2 Å². The monoisotopic (exact) mass is 367 g/mol. The molecule has 130 valence electrons. The summed E-state index contributed by atoms with van der Waals surface area (Å²) in [5, 5.41) is 15.8. The van der Waals surface area contributed by atoms with E-state index in [2.05, 4.69) is 31.4 Å². The molecule has 24 heavy (non-hydrogen) atoms. The van der Waals surface area contributed by atoms with E-state index in [1.165, 1.54) is 12.3 Å². The number of nitrogens with zero attached hydrogens (tertiary/aromatic N) is 1. The number of nitriles is 1. The first kappa shape index (κ1) is 20.3. The molecule has 0 bridgehead atoms. The zero-order valence-corrected chi connectivity index (χ0v) is 16.1. The molecule has 6 heteroatoms. The van der Waals surface area contributed by atoms with E-state index in [9.17, 15) is 10.1 Å². The van der Waals surface area contributed by atoms with Gasteiger partial charge in [0.15, 0.2) is 0 Å². The molecule has 1 rings (SSSR count). The molecule has 0 aromatic heterocycles. The molecular weight excluding hydrogens is 345 g/mol. The number of amides is 1. The van der Waals surface area contributed by atoms with Crippen LogP contribution in [0.5, 0.6) is 0 Å². The Balaban J connectivity index is 2.83. The maximum atomic E-state index is 12.2. The molecule has 2 N–H and O–H groups in total. The number of nitrogens with one attached hydrogen (secondary N) is 2. The Bertz CT molecular complexity index is 682. The molecule has 0 atom stereocenters. The SMILES string of the molecule is CC(C)(C)CC(C)(C)N/C=C(/C#N)C(=O)Nc1ccc(Cl)c(Cl)c1. The highest BCUT2D eigenvalue weighted by atomic mass is 35.5. The van der Waals surface area contributed by atoms with Crippen molar-refractivity contribution < 1.29 is 4.79 Å². The Labute approximate surface area is 153 Å². The fourth-order valence-electron chi connectivity index (χ4n) is 2.57. The van der Waals surface area contributed by atoms with E-state index >= 15 is 0 Å². The third-order valence-corrected chi connectivity index (χ3v) is 3.86. The second kappa shape index (κ2) is 7.92. The third-order valence-electron chi connectivity index (χ3n) is 3.12. The van der Waals surface area contributed by atoms with Gasteiger partial charge in [-0.25, -0.2) is 0 Å². The van der Waals surface area contributed by atoms with Crippen molar-refractivity contribution in [3.8, 4) is 6.07 Å². The minimum atomic E-state index is -0.505. The van der Waals surface area contributed by atoms with Gasteiger partial charge in [-0.2, -0.15) is 5.26 Å². The van der Waals surface area contributed by atoms with Crippen LogP contribution < -0.4 is 10.6 Å². The molecule has 0 aliphatic carbocycles. The second-order valence-corrected chi connectivity index (χ2v) is 8.33. The number of hydrogen-bond acceptors (Lipinski definition) is 3. The lowest BCUT2D eigenvalue weighted by Gasteiger charge is -2.33. The first-order chi connectivity index (χ1) is 10.9. The summed E-state index contributed by atoms with van der Waals surface area (Å²) in [5.41, 5.74) is 0.344. The average molecular weight is 368 g/mol. The summed E-state index contributed by atoms with van der Waals surface area (Å²) < 4.78 is 0. The van der Waals surface area contributed by atoms with Crippen LogP contribution in [0.15, 0.2) is 30.0 Å². The van der Waals surface area contributed by atoms with Crippen LogP contribution in [0.3, 0.4) is 0 Å². The van der Waals surface area contributed by atoms with Gasteiger partial charge in [0.1, 0.15) is 11.6 Å². The van der Waals surface area contributed by atoms with Crippen molar-refractivity contribution in [1.29, 1.82) is 5.26 Å². The Morgan fingerprint density at radius 2 is 1.83 bits per heavy atom. The van der Waals surface area contributed by atoms with E-state index in [1.807, 2.05) is 19.9 Å². The minimum Gasteiger partial charge on any atom is -0.385 e. The number of rotatable bonds is 5. The van der Waals surface area contributed by atoms with Gasteiger partial charge in [0, 0.05) is 17.4 Å². The Morgan fingerprint density at radius 1 is 1.21 bits per heavy atom. The maximum Gasteiger partial charge on any atom is 0.267 e. The number of anilines is 1. The predicted octanol–water partition coefficient (Wildman–Crippen LogP) is 5.14. The highest BCUT2D eigenvalue weighted by Gasteiger charge is 2.24. The zero-order valence-electron chi connectivity index (χ0n) is 14.6. The summed E-state index contributed by atoms with van der Waals surface area (Å²) in [6.45, 7) is 10.5. The van der Waals surface area contributed by atoms with Crippen LogP contribution in [-0.2, 0) is 4.79 Å². The number of carbonyl (C=O) groups excluding carboxylic acids is 1. The van der Waals surface area contributed by atoms with Crippen LogP contribution in [-0.4, -0.2) is 11.4 Å². The highest BCUT2D eigenvalue weighted by molar-refractivity contribution is 6.42. The fraction of sp³-hybridized carbons (Fsp3) is 0.444. The molecule has 0 heterocycles. The molecule has 1 aromatic carbocycles. The van der Waals surface area contributed by atoms with Crippen LogP contribution >= 0.6 is 23.2 Å².